The number of methoxy groups -OCH3 is 1. The average molecular weight is 488 g/mol. The molecule has 3 amide bonds. The van der Waals surface area contributed by atoms with Crippen LogP contribution in [0.25, 0.3) is 0 Å². The summed E-state index contributed by atoms with van der Waals surface area (Å²) in [6.45, 7) is 8.68. The summed E-state index contributed by atoms with van der Waals surface area (Å²) < 4.78 is 10.8. The summed E-state index contributed by atoms with van der Waals surface area (Å²) in [7, 11) is 1.60. The number of nitrogens with zero attached hydrogens (tertiary/aromatic N) is 1. The zero-order valence-corrected chi connectivity index (χ0v) is 21.8. The molecule has 8 nitrogen and oxygen atoms in total. The van der Waals surface area contributed by atoms with Crippen LogP contribution >= 0.6 is 0 Å². The lowest BCUT2D eigenvalue weighted by molar-refractivity contribution is -0.154. The topological polar surface area (TPSA) is 97.0 Å². The molecule has 2 unspecified atom stereocenters. The van der Waals surface area contributed by atoms with Crippen molar-refractivity contribution in [2.24, 2.45) is 5.41 Å². The Bertz CT molecular complexity index is 887. The van der Waals surface area contributed by atoms with E-state index in [2.05, 4.69) is 10.6 Å². The molecule has 1 aromatic rings. The summed E-state index contributed by atoms with van der Waals surface area (Å²) in [5.41, 5.74) is -0.736. The minimum Gasteiger partial charge on any atom is -0.497 e. The number of nitrogens with one attached hydrogen (secondary N) is 2. The van der Waals surface area contributed by atoms with E-state index in [1.807, 2.05) is 56.9 Å². The zero-order valence-electron chi connectivity index (χ0n) is 21.8. The fraction of sp³-hybridized carbons (Fsp3) is 0.667. The van der Waals surface area contributed by atoms with Gasteiger partial charge >= 0.3 is 12.0 Å². The van der Waals surface area contributed by atoms with Gasteiger partial charge in [0, 0.05) is 12.6 Å². The summed E-state index contributed by atoms with van der Waals surface area (Å²) >= 11 is 0. The maximum absolute atomic E-state index is 13.3. The smallest absolute Gasteiger partial charge is 0.332 e. The lowest BCUT2D eigenvalue weighted by Gasteiger charge is -2.38. The van der Waals surface area contributed by atoms with Crippen molar-refractivity contribution in [2.75, 3.05) is 13.7 Å². The van der Waals surface area contributed by atoms with E-state index >= 15 is 0 Å². The van der Waals surface area contributed by atoms with Crippen molar-refractivity contribution in [3.63, 3.8) is 0 Å². The van der Waals surface area contributed by atoms with Gasteiger partial charge in [-0.25, -0.2) is 9.59 Å². The molecule has 1 heterocycles. The molecule has 3 rings (SSSR count). The number of amides is 3. The van der Waals surface area contributed by atoms with Gasteiger partial charge in [0.1, 0.15) is 23.9 Å². The first-order valence-electron chi connectivity index (χ1n) is 12.7. The van der Waals surface area contributed by atoms with E-state index in [9.17, 15) is 14.4 Å². The Hall–Kier alpha value is -2.77. The average Bonchev–Trinajstić information content (AvgIpc) is 3.26. The molecule has 0 radical (unpaired) electrons. The second kappa shape index (κ2) is 11.3. The van der Waals surface area contributed by atoms with Crippen molar-refractivity contribution >= 4 is 17.9 Å². The molecule has 35 heavy (non-hydrogen) atoms. The van der Waals surface area contributed by atoms with Crippen LogP contribution in [0.4, 0.5) is 4.79 Å². The van der Waals surface area contributed by atoms with Gasteiger partial charge in [-0.15, -0.1) is 0 Å². The number of rotatable bonds is 7. The van der Waals surface area contributed by atoms with Crippen LogP contribution in [0, 0.1) is 5.41 Å². The first-order chi connectivity index (χ1) is 16.6. The van der Waals surface area contributed by atoms with Crippen molar-refractivity contribution in [2.45, 2.75) is 96.9 Å². The second-order valence-electron chi connectivity index (χ2n) is 11.0. The fourth-order valence-corrected chi connectivity index (χ4v) is 5.00. The molecule has 2 aliphatic rings. The molecule has 1 saturated heterocycles. The number of likely N-dealkylation sites (tertiary alicyclic amines) is 1. The van der Waals surface area contributed by atoms with Crippen molar-refractivity contribution < 1.29 is 23.9 Å². The minimum atomic E-state index is -1.10. The highest BCUT2D eigenvalue weighted by atomic mass is 16.5. The number of benzene rings is 1. The van der Waals surface area contributed by atoms with E-state index in [4.69, 9.17) is 9.47 Å². The molecule has 1 aromatic carbocycles. The highest BCUT2D eigenvalue weighted by Gasteiger charge is 2.44. The van der Waals surface area contributed by atoms with Crippen LogP contribution < -0.4 is 15.4 Å². The number of carbonyl (C=O) groups is 3. The highest BCUT2D eigenvalue weighted by Crippen LogP contribution is 2.31. The molecule has 0 bridgehead atoms. The van der Waals surface area contributed by atoms with Gasteiger partial charge in [0.2, 0.25) is 5.91 Å². The van der Waals surface area contributed by atoms with Crippen molar-refractivity contribution in [1.29, 1.82) is 0 Å². The minimum absolute atomic E-state index is 0.0718. The Labute approximate surface area is 209 Å². The van der Waals surface area contributed by atoms with Gasteiger partial charge in [-0.2, -0.15) is 0 Å². The van der Waals surface area contributed by atoms with E-state index < -0.39 is 29.0 Å². The molecule has 194 valence electrons. The van der Waals surface area contributed by atoms with Crippen molar-refractivity contribution in [3.05, 3.63) is 29.8 Å². The molecule has 2 fully saturated rings. The Balaban J connectivity index is 1.69. The predicted molar refractivity (Wildman–Crippen MR) is 134 cm³/mol. The largest absolute Gasteiger partial charge is 0.497 e. The van der Waals surface area contributed by atoms with Crippen molar-refractivity contribution in [1.82, 2.24) is 15.5 Å². The third-order valence-electron chi connectivity index (χ3n) is 7.20. The Morgan fingerprint density at radius 2 is 1.74 bits per heavy atom. The standard InChI is InChI=1S/C27H41N3O5/c1-19-10-9-17-30(19)23(31)22(26(2,3)4)28-25(33)29-27(15-7-6-8-16-27)24(32)35-18-20-11-13-21(34-5)14-12-20/h11-14,19,22H,6-10,15-18H2,1-5H3,(H2,28,29,33). The van der Waals surface area contributed by atoms with Gasteiger partial charge in [0.15, 0.2) is 0 Å². The molecule has 1 saturated carbocycles. The van der Waals surface area contributed by atoms with Gasteiger partial charge < -0.3 is 25.0 Å². The molecule has 2 N–H and O–H groups in total. The van der Waals surface area contributed by atoms with E-state index in [1.54, 1.807) is 7.11 Å². The molecule has 0 aromatic heterocycles. The van der Waals surface area contributed by atoms with Crippen LogP contribution in [0.3, 0.4) is 0 Å². The maximum Gasteiger partial charge on any atom is 0.332 e. The van der Waals surface area contributed by atoms with Gasteiger partial charge in [-0.05, 0) is 55.7 Å². The van der Waals surface area contributed by atoms with Gasteiger partial charge in [-0.1, -0.05) is 52.2 Å². The fourth-order valence-electron chi connectivity index (χ4n) is 5.00. The number of hydrogen-bond donors (Lipinski definition) is 2. The summed E-state index contributed by atoms with van der Waals surface area (Å²) in [5.74, 6) is 0.223. The predicted octanol–water partition coefficient (Wildman–Crippen LogP) is 4.17. The first kappa shape index (κ1) is 26.8. The normalized spacial score (nSPS) is 20.6. The zero-order chi connectivity index (χ0) is 25.6. The molecular weight excluding hydrogens is 446 g/mol. The van der Waals surface area contributed by atoms with Gasteiger partial charge in [0.05, 0.1) is 7.11 Å². The molecule has 1 aliphatic carbocycles. The first-order valence-corrected chi connectivity index (χ1v) is 12.7. The second-order valence-corrected chi connectivity index (χ2v) is 11.0. The van der Waals surface area contributed by atoms with Gasteiger partial charge in [-0.3, -0.25) is 4.79 Å². The lowest BCUT2D eigenvalue weighted by atomic mass is 9.81. The molecule has 2 atom stereocenters. The van der Waals surface area contributed by atoms with Crippen LogP contribution in [0.15, 0.2) is 24.3 Å². The number of hydrogen-bond acceptors (Lipinski definition) is 5. The number of urea groups is 1. The molecule has 0 spiro atoms. The summed E-state index contributed by atoms with van der Waals surface area (Å²) in [6, 6.07) is 6.28. The molecule has 1 aliphatic heterocycles. The summed E-state index contributed by atoms with van der Waals surface area (Å²) in [5, 5.41) is 5.84. The highest BCUT2D eigenvalue weighted by molar-refractivity contribution is 5.91. The van der Waals surface area contributed by atoms with Crippen LogP contribution in [0.1, 0.15) is 78.2 Å². The third-order valence-corrected chi connectivity index (χ3v) is 7.20. The van der Waals surface area contributed by atoms with Crippen molar-refractivity contribution in [3.8, 4) is 5.75 Å². The molecular formula is C27H41N3O5. The summed E-state index contributed by atoms with van der Waals surface area (Å²) in [6.07, 6.45) is 5.62. The van der Waals surface area contributed by atoms with Crippen LogP contribution in [0.5, 0.6) is 5.75 Å². The number of ether oxygens (including phenoxy) is 2. The SMILES string of the molecule is COc1ccc(COC(=O)C2(NC(=O)NC(C(=O)N3CCCC3C)C(C)(C)C)CCCCC2)cc1. The van der Waals surface area contributed by atoms with Crippen LogP contribution in [-0.4, -0.2) is 54.1 Å². The summed E-state index contributed by atoms with van der Waals surface area (Å²) in [4.78, 5) is 41.7. The van der Waals surface area contributed by atoms with E-state index in [0.29, 0.717) is 19.4 Å². The molecule has 8 heteroatoms. The van der Waals surface area contributed by atoms with Crippen LogP contribution in [-0.2, 0) is 20.9 Å². The maximum atomic E-state index is 13.3. The Morgan fingerprint density at radius 1 is 1.09 bits per heavy atom. The van der Waals surface area contributed by atoms with E-state index in [1.165, 1.54) is 0 Å². The monoisotopic (exact) mass is 487 g/mol. The van der Waals surface area contributed by atoms with Crippen LogP contribution in [0.2, 0.25) is 0 Å². The van der Waals surface area contributed by atoms with E-state index in [0.717, 1.165) is 43.4 Å². The Kier molecular flexibility index (Phi) is 8.67. The lowest BCUT2D eigenvalue weighted by Crippen LogP contribution is -2.63. The number of esters is 1. The van der Waals surface area contributed by atoms with E-state index in [-0.39, 0.29) is 18.6 Å². The quantitative estimate of drug-likeness (QED) is 0.563. The van der Waals surface area contributed by atoms with Gasteiger partial charge in [0.25, 0.3) is 0 Å². The third kappa shape index (κ3) is 6.67. The number of carbonyl (C=O) groups excluding carboxylic acids is 3. The Morgan fingerprint density at radius 3 is 2.29 bits per heavy atom.